The molecule has 5 aliphatic heterocycles. The molecule has 0 aromatic rings. The maximum Gasteiger partial charge on any atom is 0.153 e. The number of hydrogen-bond acceptors (Lipinski definition) is 10. The normalized spacial score (nSPS) is 44.5. The first-order valence-corrected chi connectivity index (χ1v) is 22.1. The molecule has 0 aromatic heterocycles. The minimum Gasteiger partial charge on any atom is -0.373 e. The number of rotatable bonds is 14. The number of ketones is 1. The Hall–Kier alpha value is -0.690. The molecule has 6 aliphatic rings. The van der Waals surface area contributed by atoms with E-state index in [-0.39, 0.29) is 65.9 Å². The van der Waals surface area contributed by atoms with Crippen LogP contribution in [0.1, 0.15) is 125 Å². The van der Waals surface area contributed by atoms with Gasteiger partial charge in [-0.15, -0.1) is 0 Å². The number of Topliss-reactive ketones (excluding diaryl/α,β-unsaturated/α-hetero) is 1. The van der Waals surface area contributed by atoms with Crippen LogP contribution in [0.3, 0.4) is 0 Å². The third-order valence-corrected chi connectivity index (χ3v) is 15.3. The highest BCUT2D eigenvalue weighted by atomic mass is 16.5. The van der Waals surface area contributed by atoms with Crippen molar-refractivity contribution < 1.29 is 9.53 Å². The zero-order valence-corrected chi connectivity index (χ0v) is 34.3. The summed E-state index contributed by atoms with van der Waals surface area (Å²) in [5.41, 5.74) is 11.2. The molecule has 0 amide bonds. The van der Waals surface area contributed by atoms with Crippen molar-refractivity contribution in [3.05, 3.63) is 0 Å². The molecule has 6 rings (SSSR count). The summed E-state index contributed by atoms with van der Waals surface area (Å²) in [6.07, 6.45) is 15.4. The number of nitrogens with one attached hydrogen (secondary N) is 5. The van der Waals surface area contributed by atoms with E-state index in [9.17, 15) is 0 Å². The molecule has 10 heteroatoms. The molecular weight excluding hydrogens is 649 g/mol. The Bertz CT molecular complexity index is 1170. The van der Waals surface area contributed by atoms with Crippen LogP contribution in [-0.2, 0) is 9.53 Å². The fraction of sp³-hybridized carbons (Fsp3) is 0.976. The van der Waals surface area contributed by atoms with Gasteiger partial charge >= 0.3 is 0 Å². The molecule has 300 valence electrons. The van der Waals surface area contributed by atoms with Crippen LogP contribution in [0.2, 0.25) is 0 Å². The van der Waals surface area contributed by atoms with E-state index in [1.54, 1.807) is 0 Å². The molecule has 10 nitrogen and oxygen atoms in total. The lowest BCUT2D eigenvalue weighted by Crippen LogP contribution is -2.68. The lowest BCUT2D eigenvalue weighted by atomic mass is 9.54. The summed E-state index contributed by atoms with van der Waals surface area (Å²) >= 11 is 0. The van der Waals surface area contributed by atoms with E-state index in [1.807, 2.05) is 0 Å². The molecule has 1 spiro atoms. The van der Waals surface area contributed by atoms with Crippen LogP contribution in [-0.4, -0.2) is 117 Å². The quantitative estimate of drug-likeness (QED) is 0.105. The summed E-state index contributed by atoms with van der Waals surface area (Å²) < 4.78 is 7.49. The summed E-state index contributed by atoms with van der Waals surface area (Å²) in [7, 11) is 2.33. The number of hydrogen-bond donors (Lipinski definition) is 7. The standard InChI is InChI=1S/C42H80N8O2/c1-8-10-11-16-19-40(22-27(3)4)29(6)38-41(9-2)33(25-50(38)7)49-34(30-17-14-12-13-15-18-30)37-42(39(41)51)35(31(23-44)47-37)48-32(24-45-21-20-43)36(42)46-28(5)26-52-40/h27-38,45-49H,8-26,43-44H2,1-7H3. The minimum atomic E-state index is -0.669. The van der Waals surface area contributed by atoms with Gasteiger partial charge in [-0.25, -0.2) is 0 Å². The van der Waals surface area contributed by atoms with Crippen molar-refractivity contribution in [3.63, 3.8) is 0 Å². The van der Waals surface area contributed by atoms with Gasteiger partial charge in [-0.3, -0.25) is 4.79 Å². The van der Waals surface area contributed by atoms with Gasteiger partial charge in [0.1, 0.15) is 0 Å². The molecule has 1 aliphatic carbocycles. The van der Waals surface area contributed by atoms with Crippen molar-refractivity contribution in [3.8, 4) is 0 Å². The summed E-state index contributed by atoms with van der Waals surface area (Å²) in [5.74, 6) is 1.68. The monoisotopic (exact) mass is 729 g/mol. The van der Waals surface area contributed by atoms with Gasteiger partial charge in [-0.1, -0.05) is 86.0 Å². The van der Waals surface area contributed by atoms with Gasteiger partial charge in [-0.2, -0.15) is 0 Å². The summed E-state index contributed by atoms with van der Waals surface area (Å²) in [6.45, 7) is 18.3. The van der Waals surface area contributed by atoms with Crippen LogP contribution in [0, 0.1) is 28.6 Å². The third-order valence-electron chi connectivity index (χ3n) is 15.3. The number of unbranched alkanes of at least 4 members (excludes halogenated alkanes) is 3. The van der Waals surface area contributed by atoms with E-state index in [0.717, 1.165) is 38.9 Å². The lowest BCUT2D eigenvalue weighted by Gasteiger charge is -2.51. The Labute approximate surface area is 317 Å². The molecule has 52 heavy (non-hydrogen) atoms. The second-order valence-electron chi connectivity index (χ2n) is 18.9. The molecule has 1 saturated carbocycles. The van der Waals surface area contributed by atoms with Crippen molar-refractivity contribution >= 4 is 5.78 Å². The molecular formula is C42H80N8O2. The van der Waals surface area contributed by atoms with Crippen molar-refractivity contribution in [2.24, 2.45) is 40.1 Å². The van der Waals surface area contributed by atoms with Gasteiger partial charge in [0.25, 0.3) is 0 Å². The molecule has 6 fully saturated rings. The summed E-state index contributed by atoms with van der Waals surface area (Å²) in [6, 6.07) is 0.362. The highest BCUT2D eigenvalue weighted by Crippen LogP contribution is 2.59. The number of likely N-dealkylation sites (N-methyl/N-ethyl adjacent to an activating group) is 1. The lowest BCUT2D eigenvalue weighted by molar-refractivity contribution is -0.152. The van der Waals surface area contributed by atoms with Crippen molar-refractivity contribution in [1.82, 2.24) is 31.5 Å². The SMILES string of the molecule is CCCCCCC1(CC(C)C)OCC(C)NC2C(CNCCN)NC3C(CN)NC4C(C5CCCCCC5)NC5CN(C)C(C1C)C5(CC)C(=O)C234. The van der Waals surface area contributed by atoms with Gasteiger partial charge in [0.2, 0.25) is 0 Å². The van der Waals surface area contributed by atoms with Crippen LogP contribution in [0.5, 0.6) is 0 Å². The Morgan fingerprint density at radius 1 is 0.942 bits per heavy atom. The number of nitrogens with two attached hydrogens (primary N) is 2. The maximum absolute atomic E-state index is 16.9. The summed E-state index contributed by atoms with van der Waals surface area (Å²) in [4.78, 5) is 19.5. The van der Waals surface area contributed by atoms with Gasteiger partial charge in [0, 0.05) is 93.0 Å². The van der Waals surface area contributed by atoms with Crippen molar-refractivity contribution in [1.29, 1.82) is 0 Å². The van der Waals surface area contributed by atoms with Crippen LogP contribution < -0.4 is 38.1 Å². The highest BCUT2D eigenvalue weighted by Gasteiger charge is 2.77. The maximum atomic E-state index is 16.9. The third kappa shape index (κ3) is 6.99. The average molecular weight is 729 g/mol. The topological polar surface area (TPSA) is 142 Å². The predicted molar refractivity (Wildman–Crippen MR) is 213 cm³/mol. The average Bonchev–Trinajstić information content (AvgIpc) is 3.57. The zero-order valence-electron chi connectivity index (χ0n) is 34.3. The molecule has 5 saturated heterocycles. The molecule has 0 radical (unpaired) electrons. The Morgan fingerprint density at radius 2 is 1.65 bits per heavy atom. The van der Waals surface area contributed by atoms with Gasteiger partial charge in [0.05, 0.1) is 23.0 Å². The number of carbonyl (C=O) groups is 1. The molecule has 2 bridgehead atoms. The molecule has 9 N–H and O–H groups in total. The van der Waals surface area contributed by atoms with Gasteiger partial charge < -0.3 is 47.7 Å². The van der Waals surface area contributed by atoms with Crippen molar-refractivity contribution in [2.75, 3.05) is 46.4 Å². The first kappa shape index (κ1) is 41.0. The largest absolute Gasteiger partial charge is 0.373 e. The van der Waals surface area contributed by atoms with Crippen LogP contribution in [0.25, 0.3) is 0 Å². The first-order valence-electron chi connectivity index (χ1n) is 22.1. The number of ether oxygens (including phenoxy) is 1. The fourth-order valence-corrected chi connectivity index (χ4v) is 13.3. The van der Waals surface area contributed by atoms with E-state index < -0.39 is 10.8 Å². The van der Waals surface area contributed by atoms with Crippen LogP contribution in [0.15, 0.2) is 0 Å². The van der Waals surface area contributed by atoms with Gasteiger partial charge in [-0.05, 0) is 57.9 Å². The predicted octanol–water partition coefficient (Wildman–Crippen LogP) is 3.52. The van der Waals surface area contributed by atoms with E-state index in [1.165, 1.54) is 64.2 Å². The van der Waals surface area contributed by atoms with Crippen LogP contribution in [0.4, 0.5) is 0 Å². The Kier molecular flexibility index (Phi) is 13.6. The first-order chi connectivity index (χ1) is 25.0. The Morgan fingerprint density at radius 3 is 2.31 bits per heavy atom. The number of likely N-dealkylation sites (tertiary alicyclic amines) is 1. The molecule has 13 unspecified atom stereocenters. The molecule has 5 heterocycles. The van der Waals surface area contributed by atoms with Crippen molar-refractivity contribution in [2.45, 2.75) is 185 Å². The highest BCUT2D eigenvalue weighted by molar-refractivity contribution is 5.96. The molecule has 0 aromatic carbocycles. The van der Waals surface area contributed by atoms with Gasteiger partial charge in [0.15, 0.2) is 5.78 Å². The molecule has 13 atom stereocenters. The fourth-order valence-electron chi connectivity index (χ4n) is 13.3. The summed E-state index contributed by atoms with van der Waals surface area (Å²) in [5, 5.41) is 20.7. The number of carbonyl (C=O) groups excluding carboxylic acids is 1. The minimum absolute atomic E-state index is 0.00946. The smallest absolute Gasteiger partial charge is 0.153 e. The van der Waals surface area contributed by atoms with E-state index in [4.69, 9.17) is 16.2 Å². The number of nitrogens with zero attached hydrogens (tertiary/aromatic N) is 1. The van der Waals surface area contributed by atoms with E-state index in [0.29, 0.717) is 37.3 Å². The Balaban J connectivity index is 1.57. The second-order valence-corrected chi connectivity index (χ2v) is 18.9. The second kappa shape index (κ2) is 17.2. The van der Waals surface area contributed by atoms with Crippen LogP contribution >= 0.6 is 0 Å². The zero-order chi connectivity index (χ0) is 37.3. The van der Waals surface area contributed by atoms with E-state index in [2.05, 4.69) is 80.1 Å². The van der Waals surface area contributed by atoms with E-state index >= 15 is 4.79 Å².